The Bertz CT molecular complexity index is 1250. The van der Waals surface area contributed by atoms with E-state index in [1.54, 1.807) is 0 Å². The van der Waals surface area contributed by atoms with Gasteiger partial charge in [0.15, 0.2) is 0 Å². The van der Waals surface area contributed by atoms with Gasteiger partial charge in [-0.05, 0) is 84.2 Å². The summed E-state index contributed by atoms with van der Waals surface area (Å²) < 4.78 is 16.6. The number of phenols is 1. The molecule has 1 unspecified atom stereocenters. The molecule has 6 heteroatoms. The third-order valence-electron chi connectivity index (χ3n) is 7.08. The third kappa shape index (κ3) is 5.19. The molecule has 6 rings (SSSR count). The fourth-order valence-electron chi connectivity index (χ4n) is 5.16. The number of carboxylic acid groups (broad SMARTS) is 1. The predicted molar refractivity (Wildman–Crippen MR) is 137 cm³/mol. The van der Waals surface area contributed by atoms with Gasteiger partial charge in [-0.3, -0.25) is 4.79 Å². The maximum absolute atomic E-state index is 11.0. The molecular weight excluding hydrogens is 456 g/mol. The molecule has 0 amide bonds. The van der Waals surface area contributed by atoms with Crippen LogP contribution in [-0.2, 0) is 29.0 Å². The van der Waals surface area contributed by atoms with Crippen molar-refractivity contribution in [3.8, 4) is 28.4 Å². The van der Waals surface area contributed by atoms with Gasteiger partial charge in [-0.25, -0.2) is 0 Å². The monoisotopic (exact) mass is 488 g/mol. The number of fused-ring (bicyclic) bond motifs is 2. The molecule has 0 saturated carbocycles. The molecule has 1 fully saturated rings. The molecule has 2 N–H and O–H groups in total. The Labute approximate surface area is 211 Å². The number of carboxylic acids is 1. The Morgan fingerprint density at radius 3 is 2.56 bits per heavy atom. The van der Waals surface area contributed by atoms with Gasteiger partial charge in [-0.2, -0.15) is 0 Å². The lowest BCUT2D eigenvalue weighted by Crippen LogP contribution is -2.11. The topological polar surface area (TPSA) is 85.2 Å². The van der Waals surface area contributed by atoms with Gasteiger partial charge in [0.05, 0.1) is 13.0 Å². The summed E-state index contributed by atoms with van der Waals surface area (Å²) in [4.78, 5) is 11.0. The van der Waals surface area contributed by atoms with Crippen LogP contribution >= 0.6 is 0 Å². The molecule has 6 nitrogen and oxygen atoms in total. The van der Waals surface area contributed by atoms with E-state index in [0.29, 0.717) is 30.5 Å². The van der Waals surface area contributed by atoms with E-state index in [1.807, 2.05) is 43.3 Å². The zero-order valence-electron chi connectivity index (χ0n) is 20.6. The van der Waals surface area contributed by atoms with Crippen molar-refractivity contribution >= 4 is 5.97 Å². The molecule has 0 bridgehead atoms. The van der Waals surface area contributed by atoms with Gasteiger partial charge in [0.2, 0.25) is 0 Å². The van der Waals surface area contributed by atoms with E-state index < -0.39 is 5.97 Å². The molecule has 36 heavy (non-hydrogen) atoms. The number of phenolic OH excluding ortho intramolecular Hbond substituents is 1. The van der Waals surface area contributed by atoms with E-state index in [1.165, 1.54) is 24.0 Å². The van der Waals surface area contributed by atoms with E-state index in [4.69, 9.17) is 19.3 Å². The Balaban J connectivity index is 0.000000477. The number of carbonyl (C=O) groups is 1. The van der Waals surface area contributed by atoms with Gasteiger partial charge < -0.3 is 24.4 Å². The van der Waals surface area contributed by atoms with Gasteiger partial charge in [-0.15, -0.1) is 0 Å². The predicted octanol–water partition coefficient (Wildman–Crippen LogP) is 5.79. The molecule has 2 aliphatic heterocycles. The highest BCUT2D eigenvalue weighted by Gasteiger charge is 2.27. The van der Waals surface area contributed by atoms with Crippen LogP contribution in [0, 0.1) is 6.92 Å². The highest BCUT2D eigenvalue weighted by Crippen LogP contribution is 2.42. The summed E-state index contributed by atoms with van der Waals surface area (Å²) >= 11 is 0. The van der Waals surface area contributed by atoms with E-state index in [9.17, 15) is 9.90 Å². The zero-order valence-corrected chi connectivity index (χ0v) is 20.6. The zero-order chi connectivity index (χ0) is 25.1. The fourth-order valence-corrected chi connectivity index (χ4v) is 5.16. The van der Waals surface area contributed by atoms with Gasteiger partial charge >= 0.3 is 5.97 Å². The summed E-state index contributed by atoms with van der Waals surface area (Å²) in [7, 11) is 0. The van der Waals surface area contributed by atoms with Crippen LogP contribution in [0.15, 0.2) is 48.5 Å². The lowest BCUT2D eigenvalue weighted by molar-refractivity contribution is -0.137. The first-order valence-corrected chi connectivity index (χ1v) is 12.6. The van der Waals surface area contributed by atoms with Crippen LogP contribution in [0.2, 0.25) is 0 Å². The van der Waals surface area contributed by atoms with Crippen LogP contribution in [-0.4, -0.2) is 36.0 Å². The molecule has 0 radical (unpaired) electrons. The first-order valence-electron chi connectivity index (χ1n) is 12.6. The van der Waals surface area contributed by atoms with Gasteiger partial charge in [0, 0.05) is 30.8 Å². The molecule has 1 saturated heterocycles. The third-order valence-corrected chi connectivity index (χ3v) is 7.08. The summed E-state index contributed by atoms with van der Waals surface area (Å²) in [6.45, 7) is 4.85. The number of rotatable bonds is 6. The van der Waals surface area contributed by atoms with Crippen molar-refractivity contribution in [1.29, 1.82) is 0 Å². The number of benzene rings is 3. The summed E-state index contributed by atoms with van der Waals surface area (Å²) in [5, 5.41) is 19.2. The number of aromatic hydroxyl groups is 1. The maximum atomic E-state index is 11.0. The average molecular weight is 489 g/mol. The van der Waals surface area contributed by atoms with E-state index in [-0.39, 0.29) is 12.3 Å². The first-order chi connectivity index (χ1) is 17.5. The number of hydrogen-bond donors (Lipinski definition) is 2. The van der Waals surface area contributed by atoms with Crippen molar-refractivity contribution < 1.29 is 29.2 Å². The van der Waals surface area contributed by atoms with Crippen molar-refractivity contribution in [2.75, 3.05) is 19.8 Å². The Morgan fingerprint density at radius 1 is 1.06 bits per heavy atom. The number of aliphatic carboxylic acids is 1. The second-order valence-corrected chi connectivity index (χ2v) is 9.66. The van der Waals surface area contributed by atoms with E-state index in [0.717, 1.165) is 53.9 Å². The van der Waals surface area contributed by atoms with Crippen molar-refractivity contribution in [3.05, 3.63) is 76.3 Å². The quantitative estimate of drug-likeness (QED) is 0.457. The molecule has 3 aromatic carbocycles. The SMILES string of the molecule is C1CCOC1.Cc1cc(O)c2c(c1-c1cccc(COc3ccc4c(c3)OCC4CC(=O)O)c1)CC2. The van der Waals surface area contributed by atoms with Crippen molar-refractivity contribution in [2.45, 2.75) is 51.6 Å². The number of ether oxygens (including phenoxy) is 3. The first kappa shape index (κ1) is 24.2. The van der Waals surface area contributed by atoms with Gasteiger partial charge in [-0.1, -0.05) is 24.3 Å². The molecule has 3 aromatic rings. The highest BCUT2D eigenvalue weighted by molar-refractivity contribution is 5.76. The molecule has 188 valence electrons. The van der Waals surface area contributed by atoms with Crippen LogP contribution in [0.3, 0.4) is 0 Å². The highest BCUT2D eigenvalue weighted by atomic mass is 16.5. The molecular formula is C30H32O6. The Hall–Kier alpha value is -3.51. The second-order valence-electron chi connectivity index (χ2n) is 9.66. The van der Waals surface area contributed by atoms with Crippen LogP contribution < -0.4 is 9.47 Å². The van der Waals surface area contributed by atoms with Crippen LogP contribution in [0.5, 0.6) is 17.2 Å². The lowest BCUT2D eigenvalue weighted by atomic mass is 9.79. The fraction of sp³-hybridized carbons (Fsp3) is 0.367. The molecule has 1 atom stereocenters. The number of hydrogen-bond acceptors (Lipinski definition) is 5. The minimum Gasteiger partial charge on any atom is -0.508 e. The maximum Gasteiger partial charge on any atom is 0.304 e. The van der Waals surface area contributed by atoms with E-state index >= 15 is 0 Å². The summed E-state index contributed by atoms with van der Waals surface area (Å²) in [6.07, 6.45) is 4.56. The second kappa shape index (κ2) is 10.6. The largest absolute Gasteiger partial charge is 0.508 e. The Kier molecular flexibility index (Phi) is 7.14. The lowest BCUT2D eigenvalue weighted by Gasteiger charge is -2.26. The molecule has 0 aromatic heterocycles. The van der Waals surface area contributed by atoms with Gasteiger partial charge in [0.1, 0.15) is 23.9 Å². The summed E-state index contributed by atoms with van der Waals surface area (Å²) in [5.74, 6) is 0.887. The van der Waals surface area contributed by atoms with Crippen molar-refractivity contribution in [2.24, 2.45) is 0 Å². The molecule has 3 aliphatic rings. The van der Waals surface area contributed by atoms with Crippen LogP contribution in [0.1, 0.15) is 53.0 Å². The summed E-state index contributed by atoms with van der Waals surface area (Å²) in [5.41, 5.74) is 7.75. The minimum atomic E-state index is -0.819. The molecule has 2 heterocycles. The molecule has 0 spiro atoms. The molecule has 1 aliphatic carbocycles. The minimum absolute atomic E-state index is 0.0698. The van der Waals surface area contributed by atoms with E-state index in [2.05, 4.69) is 12.1 Å². The summed E-state index contributed by atoms with van der Waals surface area (Å²) in [6, 6.07) is 15.8. The van der Waals surface area contributed by atoms with Crippen molar-refractivity contribution in [1.82, 2.24) is 0 Å². The average Bonchev–Trinajstić information content (AvgIpc) is 3.53. The Morgan fingerprint density at radius 2 is 1.86 bits per heavy atom. The van der Waals surface area contributed by atoms with Crippen molar-refractivity contribution in [3.63, 3.8) is 0 Å². The van der Waals surface area contributed by atoms with Gasteiger partial charge in [0.25, 0.3) is 0 Å². The standard InChI is InChI=1S/C26H24O5.C4H8O/c1-15-9-23(27)21-7-8-22(21)26(15)17-4-2-3-16(10-17)13-30-19-5-6-20-18(11-25(28)29)14-31-24(20)12-19;1-2-4-5-3-1/h2-6,9-10,12,18,27H,7-8,11,13-14H2,1H3,(H,28,29);1-4H2. The van der Waals surface area contributed by atoms with Crippen LogP contribution in [0.4, 0.5) is 0 Å². The van der Waals surface area contributed by atoms with Crippen LogP contribution in [0.25, 0.3) is 11.1 Å². The smallest absolute Gasteiger partial charge is 0.304 e. The number of aryl methyl sites for hydroxylation is 1. The normalized spacial score (nSPS) is 17.2.